The first-order chi connectivity index (χ1) is 5.86. The number of rotatable bonds is 1. The first-order valence-electron chi connectivity index (χ1n) is 3.25. The van der Waals surface area contributed by atoms with Crippen molar-refractivity contribution in [3.63, 3.8) is 0 Å². The lowest BCUT2D eigenvalue weighted by atomic mass is 10.3. The molecule has 0 atom stereocenters. The van der Waals surface area contributed by atoms with Crippen molar-refractivity contribution < 1.29 is 0 Å². The molecule has 68 valence electrons. The van der Waals surface area contributed by atoms with Crippen molar-refractivity contribution in [2.75, 3.05) is 0 Å². The lowest BCUT2D eigenvalue weighted by molar-refractivity contribution is 1.07. The van der Waals surface area contributed by atoms with Crippen molar-refractivity contribution in [1.29, 1.82) is 0 Å². The van der Waals surface area contributed by atoms with E-state index in [-0.39, 0.29) is 17.0 Å². The Kier molecular flexibility index (Phi) is 3.95. The van der Waals surface area contributed by atoms with Crippen LogP contribution in [0.5, 0.6) is 0 Å². The van der Waals surface area contributed by atoms with Crippen molar-refractivity contribution in [3.05, 3.63) is 28.4 Å². The van der Waals surface area contributed by atoms with Crippen LogP contribution >= 0.6 is 44.2 Å². The summed E-state index contributed by atoms with van der Waals surface area (Å²) in [5.74, 6) is 0. The van der Waals surface area contributed by atoms with Crippen LogP contribution in [0.15, 0.2) is 28.4 Å². The largest absolute Gasteiger partial charge is 0.264 e. The average Bonchev–Trinajstić information content (AvgIpc) is 2.54. The molecule has 2 aromatic rings. The van der Waals surface area contributed by atoms with Gasteiger partial charge in [0.15, 0.2) is 3.92 Å². The minimum absolute atomic E-state index is 0. The molecular formula is C7H5Br2N3S. The second kappa shape index (κ2) is 4.78. The Balaban J connectivity index is 0.000000845. The number of aromatic nitrogens is 3. The predicted molar refractivity (Wildman–Crippen MR) is 61.2 cm³/mol. The van der Waals surface area contributed by atoms with Crippen LogP contribution in [0.4, 0.5) is 0 Å². The van der Waals surface area contributed by atoms with Gasteiger partial charge in [-0.3, -0.25) is 4.98 Å². The Labute approximate surface area is 98.1 Å². The molecule has 0 saturated carbocycles. The van der Waals surface area contributed by atoms with E-state index in [1.54, 1.807) is 12.4 Å². The average molecular weight is 323 g/mol. The first kappa shape index (κ1) is 10.7. The van der Waals surface area contributed by atoms with Gasteiger partial charge in [-0.1, -0.05) is 11.3 Å². The third-order valence-electron chi connectivity index (χ3n) is 1.31. The van der Waals surface area contributed by atoms with Gasteiger partial charge in [-0.05, 0) is 28.1 Å². The lowest BCUT2D eigenvalue weighted by Crippen LogP contribution is -1.76. The van der Waals surface area contributed by atoms with E-state index in [1.165, 1.54) is 11.3 Å². The molecule has 0 aliphatic carbocycles. The molecular weight excluding hydrogens is 318 g/mol. The molecule has 0 bridgehead atoms. The molecule has 3 nitrogen and oxygen atoms in total. The van der Waals surface area contributed by atoms with Gasteiger partial charge in [0, 0.05) is 18.0 Å². The lowest BCUT2D eigenvalue weighted by Gasteiger charge is -1.89. The Morgan fingerprint density at radius 3 is 2.69 bits per heavy atom. The molecule has 0 unspecified atom stereocenters. The Hall–Kier alpha value is -0.330. The van der Waals surface area contributed by atoms with Gasteiger partial charge in [-0.25, -0.2) is 0 Å². The van der Waals surface area contributed by atoms with E-state index >= 15 is 0 Å². The van der Waals surface area contributed by atoms with E-state index in [0.29, 0.717) is 0 Å². The molecule has 0 fully saturated rings. The van der Waals surface area contributed by atoms with Crippen molar-refractivity contribution in [2.45, 2.75) is 0 Å². The van der Waals surface area contributed by atoms with Gasteiger partial charge < -0.3 is 0 Å². The van der Waals surface area contributed by atoms with Crippen LogP contribution in [-0.2, 0) is 0 Å². The maximum atomic E-state index is 3.99. The molecule has 2 rings (SSSR count). The van der Waals surface area contributed by atoms with E-state index in [0.717, 1.165) is 14.5 Å². The zero-order valence-electron chi connectivity index (χ0n) is 6.35. The number of hydrogen-bond donors (Lipinski definition) is 0. The Bertz CT molecular complexity index is 376. The first-order valence-corrected chi connectivity index (χ1v) is 4.86. The molecule has 0 amide bonds. The van der Waals surface area contributed by atoms with Crippen molar-refractivity contribution in [2.24, 2.45) is 0 Å². The van der Waals surface area contributed by atoms with E-state index in [2.05, 4.69) is 31.1 Å². The second-order valence-electron chi connectivity index (χ2n) is 2.10. The predicted octanol–water partition coefficient (Wildman–Crippen LogP) is 2.94. The summed E-state index contributed by atoms with van der Waals surface area (Å²) in [6, 6.07) is 3.84. The zero-order chi connectivity index (χ0) is 8.39. The monoisotopic (exact) mass is 321 g/mol. The fourth-order valence-electron chi connectivity index (χ4n) is 0.811. The van der Waals surface area contributed by atoms with Crippen molar-refractivity contribution in [1.82, 2.24) is 15.2 Å². The summed E-state index contributed by atoms with van der Waals surface area (Å²) in [7, 11) is 0. The second-order valence-corrected chi connectivity index (χ2v) is 4.36. The summed E-state index contributed by atoms with van der Waals surface area (Å²) >= 11 is 4.75. The summed E-state index contributed by atoms with van der Waals surface area (Å²) in [6.45, 7) is 0. The van der Waals surface area contributed by atoms with E-state index < -0.39 is 0 Å². The van der Waals surface area contributed by atoms with Gasteiger partial charge in [-0.15, -0.1) is 27.2 Å². The van der Waals surface area contributed by atoms with Gasteiger partial charge >= 0.3 is 0 Å². The minimum Gasteiger partial charge on any atom is -0.264 e. The summed E-state index contributed by atoms with van der Waals surface area (Å²) in [5.41, 5.74) is 1.00. The van der Waals surface area contributed by atoms with Crippen molar-refractivity contribution in [3.8, 4) is 10.6 Å². The Morgan fingerprint density at radius 1 is 1.31 bits per heavy atom. The van der Waals surface area contributed by atoms with Gasteiger partial charge in [0.25, 0.3) is 0 Å². The van der Waals surface area contributed by atoms with Gasteiger partial charge in [0.1, 0.15) is 5.01 Å². The summed E-state index contributed by atoms with van der Waals surface area (Å²) in [5, 5.41) is 8.70. The molecule has 0 aliphatic heterocycles. The highest BCUT2D eigenvalue weighted by Gasteiger charge is 2.02. The zero-order valence-corrected chi connectivity index (χ0v) is 10.5. The molecule has 2 heterocycles. The SMILES string of the molecule is Br.Brc1nnc(-c2cccnc2)s1. The number of halogens is 2. The molecule has 0 aromatic carbocycles. The Morgan fingerprint density at radius 2 is 2.15 bits per heavy atom. The summed E-state index contributed by atoms with van der Waals surface area (Å²) < 4.78 is 0.793. The number of nitrogens with zero attached hydrogens (tertiary/aromatic N) is 3. The van der Waals surface area contributed by atoms with Crippen molar-refractivity contribution >= 4 is 44.2 Å². The smallest absolute Gasteiger partial charge is 0.183 e. The highest BCUT2D eigenvalue weighted by molar-refractivity contribution is 9.11. The highest BCUT2D eigenvalue weighted by atomic mass is 79.9. The normalized spacial score (nSPS) is 9.31. The fourth-order valence-corrected chi connectivity index (χ4v) is 1.91. The topological polar surface area (TPSA) is 38.7 Å². The molecule has 0 aliphatic rings. The van der Waals surface area contributed by atoms with Crippen LogP contribution in [0.3, 0.4) is 0 Å². The molecule has 0 spiro atoms. The van der Waals surface area contributed by atoms with Crippen LogP contribution in [0.2, 0.25) is 0 Å². The van der Waals surface area contributed by atoms with E-state index in [4.69, 9.17) is 0 Å². The summed E-state index contributed by atoms with van der Waals surface area (Å²) in [6.07, 6.45) is 3.51. The number of pyridine rings is 1. The standard InChI is InChI=1S/C7H4BrN3S.BrH/c8-7-11-10-6(12-7)5-2-1-3-9-4-5;/h1-4H;1H. The third kappa shape index (κ3) is 2.55. The maximum Gasteiger partial charge on any atom is 0.183 e. The molecule has 2 aromatic heterocycles. The molecule has 6 heteroatoms. The van der Waals surface area contributed by atoms with E-state index in [1.807, 2.05) is 12.1 Å². The van der Waals surface area contributed by atoms with E-state index in [9.17, 15) is 0 Å². The van der Waals surface area contributed by atoms with Crippen LogP contribution < -0.4 is 0 Å². The molecule has 13 heavy (non-hydrogen) atoms. The van der Waals surface area contributed by atoms with Crippen LogP contribution in [0, 0.1) is 0 Å². The van der Waals surface area contributed by atoms with Crippen LogP contribution in [-0.4, -0.2) is 15.2 Å². The third-order valence-corrected chi connectivity index (χ3v) is 2.71. The highest BCUT2D eigenvalue weighted by Crippen LogP contribution is 2.24. The molecule has 0 radical (unpaired) electrons. The maximum absolute atomic E-state index is 3.99. The van der Waals surface area contributed by atoms with Crippen LogP contribution in [0.25, 0.3) is 10.6 Å². The van der Waals surface area contributed by atoms with Gasteiger partial charge in [-0.2, -0.15) is 0 Å². The summed E-state index contributed by atoms with van der Waals surface area (Å²) in [4.78, 5) is 3.99. The van der Waals surface area contributed by atoms with Crippen LogP contribution in [0.1, 0.15) is 0 Å². The van der Waals surface area contributed by atoms with Gasteiger partial charge in [0.05, 0.1) is 0 Å². The molecule has 0 N–H and O–H groups in total. The molecule has 0 saturated heterocycles. The fraction of sp³-hybridized carbons (Fsp3) is 0. The number of hydrogen-bond acceptors (Lipinski definition) is 4. The van der Waals surface area contributed by atoms with Gasteiger partial charge in [0.2, 0.25) is 0 Å². The quantitative estimate of drug-likeness (QED) is 0.810. The minimum atomic E-state index is 0.